The molecule has 0 radical (unpaired) electrons. The van der Waals surface area contributed by atoms with E-state index in [1.165, 1.54) is 37.4 Å². The zero-order valence-electron chi connectivity index (χ0n) is 12.0. The summed E-state index contributed by atoms with van der Waals surface area (Å²) in [5, 5.41) is 0. The summed E-state index contributed by atoms with van der Waals surface area (Å²) in [7, 11) is -2.62. The van der Waals surface area contributed by atoms with Crippen LogP contribution in [0.25, 0.3) is 0 Å². The van der Waals surface area contributed by atoms with Gasteiger partial charge in [0.1, 0.15) is 17.3 Å². The third-order valence-corrected chi connectivity index (χ3v) is 4.01. The van der Waals surface area contributed by atoms with Gasteiger partial charge in [-0.05, 0) is 35.9 Å². The van der Waals surface area contributed by atoms with Crippen molar-refractivity contribution in [3.63, 3.8) is 0 Å². The Bertz CT molecular complexity index is 768. The van der Waals surface area contributed by atoms with E-state index in [4.69, 9.17) is 8.92 Å². The first-order valence-electron chi connectivity index (χ1n) is 6.42. The number of hydrogen-bond acceptors (Lipinski definition) is 4. The minimum Gasteiger partial charge on any atom is -0.497 e. The molecule has 0 aliphatic rings. The average Bonchev–Trinajstić information content (AvgIpc) is 2.46. The van der Waals surface area contributed by atoms with Crippen LogP contribution in [-0.2, 0) is 22.0 Å². The largest absolute Gasteiger partial charge is 0.497 e. The van der Waals surface area contributed by atoms with Crippen LogP contribution in [0.2, 0.25) is 0 Å². The van der Waals surface area contributed by atoms with Crippen molar-refractivity contribution in [2.45, 2.75) is 11.9 Å². The monoisotopic (exact) mass is 346 g/mol. The van der Waals surface area contributed by atoms with E-state index in [0.29, 0.717) is 5.75 Å². The van der Waals surface area contributed by atoms with Gasteiger partial charge in [0, 0.05) is 0 Å². The summed E-state index contributed by atoms with van der Waals surface area (Å²) < 4.78 is 71.6. The Morgan fingerprint density at radius 2 is 1.61 bits per heavy atom. The standard InChI is InChI=1S/C15H13F3O4S/c1-21-13-5-7-14(8-6-13)22-23(19,20)10-11-3-2-4-12(9-11)15(16,17)18/h2-9H,10H2,1H3. The van der Waals surface area contributed by atoms with Crippen LogP contribution in [0.3, 0.4) is 0 Å². The fourth-order valence-electron chi connectivity index (χ4n) is 1.85. The fourth-order valence-corrected chi connectivity index (χ4v) is 2.90. The first kappa shape index (κ1) is 17.1. The summed E-state index contributed by atoms with van der Waals surface area (Å²) in [6, 6.07) is 9.91. The van der Waals surface area contributed by atoms with Crippen molar-refractivity contribution >= 4 is 10.1 Å². The minimum absolute atomic E-state index is 0.00617. The molecule has 0 fully saturated rings. The smallest absolute Gasteiger partial charge is 0.416 e. The third-order valence-electron chi connectivity index (χ3n) is 2.88. The maximum atomic E-state index is 12.6. The molecule has 2 aromatic carbocycles. The van der Waals surface area contributed by atoms with Crippen molar-refractivity contribution in [3.05, 3.63) is 59.7 Å². The van der Waals surface area contributed by atoms with E-state index in [1.54, 1.807) is 0 Å². The van der Waals surface area contributed by atoms with Gasteiger partial charge in [-0.15, -0.1) is 0 Å². The van der Waals surface area contributed by atoms with Crippen LogP contribution < -0.4 is 8.92 Å². The number of rotatable bonds is 5. The number of alkyl halides is 3. The summed E-state index contributed by atoms with van der Waals surface area (Å²) in [5.74, 6) is -0.0893. The Kier molecular flexibility index (Phi) is 4.84. The second-order valence-corrected chi connectivity index (χ2v) is 6.23. The molecule has 0 aromatic heterocycles. The molecule has 0 heterocycles. The Morgan fingerprint density at radius 1 is 1.00 bits per heavy atom. The molecule has 0 aliphatic heterocycles. The molecule has 8 heteroatoms. The van der Waals surface area contributed by atoms with Crippen molar-refractivity contribution in [1.29, 1.82) is 0 Å². The van der Waals surface area contributed by atoms with E-state index in [9.17, 15) is 21.6 Å². The Labute approximate surface area is 131 Å². The Balaban J connectivity index is 2.14. The lowest BCUT2D eigenvalue weighted by Crippen LogP contribution is -2.13. The van der Waals surface area contributed by atoms with Gasteiger partial charge in [-0.3, -0.25) is 0 Å². The first-order chi connectivity index (χ1) is 10.7. The molecule has 0 unspecified atom stereocenters. The van der Waals surface area contributed by atoms with Crippen molar-refractivity contribution in [1.82, 2.24) is 0 Å². The topological polar surface area (TPSA) is 52.6 Å². The van der Waals surface area contributed by atoms with Gasteiger partial charge in [0.25, 0.3) is 0 Å². The van der Waals surface area contributed by atoms with Crippen molar-refractivity contribution in [2.24, 2.45) is 0 Å². The molecule has 2 aromatic rings. The van der Waals surface area contributed by atoms with E-state index in [1.807, 2.05) is 0 Å². The summed E-state index contributed by atoms with van der Waals surface area (Å²) in [6.45, 7) is 0. The van der Waals surface area contributed by atoms with Gasteiger partial charge >= 0.3 is 16.3 Å². The quantitative estimate of drug-likeness (QED) is 0.776. The highest BCUT2D eigenvalue weighted by molar-refractivity contribution is 7.86. The third kappa shape index (κ3) is 4.88. The summed E-state index contributed by atoms with van der Waals surface area (Å²) in [4.78, 5) is 0. The molecule has 0 saturated carbocycles. The van der Waals surface area contributed by atoms with E-state index in [0.717, 1.165) is 18.2 Å². The number of hydrogen-bond donors (Lipinski definition) is 0. The molecule has 0 spiro atoms. The van der Waals surface area contributed by atoms with Crippen molar-refractivity contribution < 1.29 is 30.5 Å². The molecule has 0 aliphatic carbocycles. The zero-order chi connectivity index (χ0) is 17.1. The number of halogens is 3. The number of benzene rings is 2. The highest BCUT2D eigenvalue weighted by Gasteiger charge is 2.30. The van der Waals surface area contributed by atoms with Crippen LogP contribution in [0, 0.1) is 0 Å². The molecule has 0 atom stereocenters. The van der Waals surface area contributed by atoms with Crippen LogP contribution in [0.4, 0.5) is 13.2 Å². The Morgan fingerprint density at radius 3 is 2.17 bits per heavy atom. The van der Waals surface area contributed by atoms with Crippen LogP contribution in [0.1, 0.15) is 11.1 Å². The zero-order valence-corrected chi connectivity index (χ0v) is 12.8. The summed E-state index contributed by atoms with van der Waals surface area (Å²) in [5.41, 5.74) is -0.914. The summed E-state index contributed by atoms with van der Waals surface area (Å²) in [6.07, 6.45) is -4.53. The average molecular weight is 346 g/mol. The van der Waals surface area contributed by atoms with E-state index in [-0.39, 0.29) is 11.3 Å². The van der Waals surface area contributed by atoms with Gasteiger partial charge in [0.15, 0.2) is 0 Å². The van der Waals surface area contributed by atoms with E-state index < -0.39 is 27.6 Å². The molecule has 0 bridgehead atoms. The molecule has 124 valence electrons. The molecule has 4 nitrogen and oxygen atoms in total. The highest BCUT2D eigenvalue weighted by atomic mass is 32.2. The fraction of sp³-hybridized carbons (Fsp3) is 0.200. The van der Waals surface area contributed by atoms with Gasteiger partial charge in [-0.25, -0.2) is 0 Å². The second-order valence-electron chi connectivity index (χ2n) is 4.66. The van der Waals surface area contributed by atoms with Gasteiger partial charge in [-0.2, -0.15) is 21.6 Å². The predicted molar refractivity (Wildman–Crippen MR) is 77.7 cm³/mol. The SMILES string of the molecule is COc1ccc(OS(=O)(=O)Cc2cccc(C(F)(F)F)c2)cc1. The minimum atomic E-state index is -4.53. The van der Waals surface area contributed by atoms with Gasteiger partial charge in [0.2, 0.25) is 0 Å². The lowest BCUT2D eigenvalue weighted by atomic mass is 10.1. The van der Waals surface area contributed by atoms with E-state index in [2.05, 4.69) is 0 Å². The van der Waals surface area contributed by atoms with Crippen molar-refractivity contribution in [2.75, 3.05) is 7.11 Å². The molecule has 23 heavy (non-hydrogen) atoms. The second kappa shape index (κ2) is 6.49. The normalized spacial score (nSPS) is 12.0. The number of ether oxygens (including phenoxy) is 1. The molecular formula is C15H13F3O4S. The predicted octanol–water partition coefficient (Wildman–Crippen LogP) is 3.62. The molecule has 0 N–H and O–H groups in total. The maximum absolute atomic E-state index is 12.6. The highest BCUT2D eigenvalue weighted by Crippen LogP contribution is 2.30. The maximum Gasteiger partial charge on any atom is 0.416 e. The van der Waals surface area contributed by atoms with Crippen molar-refractivity contribution in [3.8, 4) is 11.5 Å². The van der Waals surface area contributed by atoms with Gasteiger partial charge < -0.3 is 8.92 Å². The molecular weight excluding hydrogens is 333 g/mol. The summed E-state index contributed by atoms with van der Waals surface area (Å²) >= 11 is 0. The van der Waals surface area contributed by atoms with Gasteiger partial charge in [-0.1, -0.05) is 18.2 Å². The molecule has 2 rings (SSSR count). The Hall–Kier alpha value is -2.22. The van der Waals surface area contributed by atoms with Gasteiger partial charge in [0.05, 0.1) is 12.7 Å². The van der Waals surface area contributed by atoms with Crippen LogP contribution in [-0.4, -0.2) is 15.5 Å². The lowest BCUT2D eigenvalue weighted by Gasteiger charge is -2.10. The first-order valence-corrected chi connectivity index (χ1v) is 8.00. The van der Waals surface area contributed by atoms with Crippen LogP contribution in [0.15, 0.2) is 48.5 Å². The molecule has 0 saturated heterocycles. The van der Waals surface area contributed by atoms with Crippen LogP contribution in [0.5, 0.6) is 11.5 Å². The lowest BCUT2D eigenvalue weighted by molar-refractivity contribution is -0.137. The molecule has 0 amide bonds. The van der Waals surface area contributed by atoms with E-state index >= 15 is 0 Å². The van der Waals surface area contributed by atoms with Crippen LogP contribution >= 0.6 is 0 Å². The number of methoxy groups -OCH3 is 1.